The maximum atomic E-state index is 12.0. The van der Waals surface area contributed by atoms with Gasteiger partial charge in [0.25, 0.3) is 0 Å². The summed E-state index contributed by atoms with van der Waals surface area (Å²) < 4.78 is 24.4. The van der Waals surface area contributed by atoms with Crippen molar-refractivity contribution in [3.63, 3.8) is 0 Å². The van der Waals surface area contributed by atoms with Crippen molar-refractivity contribution in [2.75, 3.05) is 18.1 Å². The molecule has 0 fully saturated rings. The number of para-hydroxylation sites is 1. The van der Waals surface area contributed by atoms with Crippen LogP contribution in [0.1, 0.15) is 26.3 Å². The van der Waals surface area contributed by atoms with Crippen molar-refractivity contribution in [3.05, 3.63) is 29.8 Å². The second-order valence-electron chi connectivity index (χ2n) is 4.96. The number of nitrogens with zero attached hydrogens (tertiary/aromatic N) is 1. The third kappa shape index (κ3) is 4.61. The first kappa shape index (κ1) is 16.7. The van der Waals surface area contributed by atoms with E-state index in [0.29, 0.717) is 0 Å². The minimum atomic E-state index is -3.39. The minimum Gasteiger partial charge on any atom is -0.325 e. The zero-order valence-electron chi connectivity index (χ0n) is 12.4. The lowest BCUT2D eigenvalue weighted by molar-refractivity contribution is -0.116. The van der Waals surface area contributed by atoms with E-state index in [1.165, 1.54) is 4.31 Å². The molecule has 1 N–H and O–H groups in total. The molecule has 0 aliphatic rings. The number of sulfonamides is 1. The molecule has 6 heteroatoms. The molecule has 1 aromatic rings. The van der Waals surface area contributed by atoms with Crippen LogP contribution in [-0.2, 0) is 21.2 Å². The highest BCUT2D eigenvalue weighted by molar-refractivity contribution is 7.88. The first-order valence-electron chi connectivity index (χ1n) is 6.60. The lowest BCUT2D eigenvalue weighted by atomic mass is 10.1. The Kier molecular flexibility index (Phi) is 5.71. The van der Waals surface area contributed by atoms with Crippen LogP contribution in [-0.4, -0.2) is 37.5 Å². The molecule has 0 aliphatic heterocycles. The molecule has 0 radical (unpaired) electrons. The molecule has 0 aromatic heterocycles. The molecule has 0 unspecified atom stereocenters. The Labute approximate surface area is 121 Å². The minimum absolute atomic E-state index is 0.172. The number of carbonyl (C=O) groups excluding carboxylic acids is 1. The van der Waals surface area contributed by atoms with Gasteiger partial charge in [-0.25, -0.2) is 8.42 Å². The van der Waals surface area contributed by atoms with Crippen molar-refractivity contribution in [1.82, 2.24) is 4.31 Å². The van der Waals surface area contributed by atoms with Gasteiger partial charge in [-0.3, -0.25) is 4.79 Å². The zero-order valence-corrected chi connectivity index (χ0v) is 13.2. The molecule has 20 heavy (non-hydrogen) atoms. The Morgan fingerprint density at radius 1 is 1.30 bits per heavy atom. The predicted octanol–water partition coefficient (Wildman–Crippen LogP) is 1.86. The number of anilines is 1. The predicted molar refractivity (Wildman–Crippen MR) is 81.1 cm³/mol. The molecule has 112 valence electrons. The molecule has 0 saturated carbocycles. The molecule has 0 saturated heterocycles. The van der Waals surface area contributed by atoms with E-state index in [2.05, 4.69) is 5.32 Å². The smallest absolute Gasteiger partial charge is 0.239 e. The van der Waals surface area contributed by atoms with Crippen molar-refractivity contribution in [2.45, 2.75) is 33.2 Å². The van der Waals surface area contributed by atoms with Crippen molar-refractivity contribution in [2.24, 2.45) is 0 Å². The number of hydrogen-bond donors (Lipinski definition) is 1. The van der Waals surface area contributed by atoms with Gasteiger partial charge in [0.1, 0.15) is 0 Å². The maximum absolute atomic E-state index is 12.0. The number of carbonyl (C=O) groups is 1. The Morgan fingerprint density at radius 2 is 1.90 bits per heavy atom. The monoisotopic (exact) mass is 298 g/mol. The first-order valence-corrected chi connectivity index (χ1v) is 8.45. The van der Waals surface area contributed by atoms with Gasteiger partial charge in [0, 0.05) is 11.7 Å². The zero-order chi connectivity index (χ0) is 15.3. The molecular formula is C14H22N2O3S. The Morgan fingerprint density at radius 3 is 2.40 bits per heavy atom. The molecule has 0 bridgehead atoms. The van der Waals surface area contributed by atoms with Crippen molar-refractivity contribution in [3.8, 4) is 0 Å². The quantitative estimate of drug-likeness (QED) is 0.871. The Balaban J connectivity index is 2.81. The van der Waals surface area contributed by atoms with Gasteiger partial charge in [0.05, 0.1) is 12.8 Å². The summed E-state index contributed by atoms with van der Waals surface area (Å²) in [6.07, 6.45) is 1.91. The fraction of sp³-hybridized carbons (Fsp3) is 0.500. The second kappa shape index (κ2) is 6.85. The van der Waals surface area contributed by atoms with E-state index in [0.717, 1.165) is 23.9 Å². The van der Waals surface area contributed by atoms with Gasteiger partial charge < -0.3 is 5.32 Å². The van der Waals surface area contributed by atoms with Gasteiger partial charge in [-0.1, -0.05) is 25.1 Å². The second-order valence-corrected chi connectivity index (χ2v) is 6.90. The molecule has 1 amide bonds. The van der Waals surface area contributed by atoms with E-state index < -0.39 is 10.0 Å². The largest absolute Gasteiger partial charge is 0.325 e. The van der Waals surface area contributed by atoms with E-state index in [-0.39, 0.29) is 18.5 Å². The van der Waals surface area contributed by atoms with Gasteiger partial charge in [-0.2, -0.15) is 4.31 Å². The van der Waals surface area contributed by atoms with Gasteiger partial charge in [-0.15, -0.1) is 0 Å². The topological polar surface area (TPSA) is 66.5 Å². The fourth-order valence-corrected chi connectivity index (χ4v) is 3.08. The van der Waals surface area contributed by atoms with Crippen LogP contribution in [0.25, 0.3) is 0 Å². The van der Waals surface area contributed by atoms with Crippen LogP contribution in [0.2, 0.25) is 0 Å². The highest BCUT2D eigenvalue weighted by Crippen LogP contribution is 2.15. The third-order valence-electron chi connectivity index (χ3n) is 2.97. The SMILES string of the molecule is CCc1ccccc1NC(=O)CN(C(C)C)S(C)(=O)=O. The van der Waals surface area contributed by atoms with Crippen LogP contribution in [0.3, 0.4) is 0 Å². The van der Waals surface area contributed by atoms with E-state index in [1.807, 2.05) is 31.2 Å². The van der Waals surface area contributed by atoms with Crippen molar-refractivity contribution in [1.29, 1.82) is 0 Å². The summed E-state index contributed by atoms with van der Waals surface area (Å²) in [5.41, 5.74) is 1.76. The summed E-state index contributed by atoms with van der Waals surface area (Å²) >= 11 is 0. The molecular weight excluding hydrogens is 276 g/mol. The summed E-state index contributed by atoms with van der Waals surface area (Å²) in [4.78, 5) is 12.0. The van der Waals surface area contributed by atoms with Gasteiger partial charge in [-0.05, 0) is 31.9 Å². The Bertz CT molecular complexity index is 568. The fourth-order valence-electron chi connectivity index (χ4n) is 1.96. The van der Waals surface area contributed by atoms with Gasteiger partial charge in [0.15, 0.2) is 0 Å². The molecule has 5 nitrogen and oxygen atoms in total. The number of aryl methyl sites for hydroxylation is 1. The summed E-state index contributed by atoms with van der Waals surface area (Å²) in [7, 11) is -3.39. The van der Waals surface area contributed by atoms with Gasteiger partial charge in [0.2, 0.25) is 15.9 Å². The first-order chi connectivity index (χ1) is 9.25. The summed E-state index contributed by atoms with van der Waals surface area (Å²) in [5.74, 6) is -0.329. The molecule has 0 heterocycles. The lowest BCUT2D eigenvalue weighted by Crippen LogP contribution is -2.41. The van der Waals surface area contributed by atoms with E-state index in [9.17, 15) is 13.2 Å². The van der Waals surface area contributed by atoms with Crippen molar-refractivity contribution < 1.29 is 13.2 Å². The Hall–Kier alpha value is -1.40. The number of amides is 1. The average Bonchev–Trinajstić information content (AvgIpc) is 2.35. The average molecular weight is 298 g/mol. The van der Waals surface area contributed by atoms with Crippen LogP contribution < -0.4 is 5.32 Å². The van der Waals surface area contributed by atoms with Crippen LogP contribution >= 0.6 is 0 Å². The van der Waals surface area contributed by atoms with E-state index in [4.69, 9.17) is 0 Å². The molecule has 0 aliphatic carbocycles. The van der Waals surface area contributed by atoms with Crippen LogP contribution in [0.15, 0.2) is 24.3 Å². The maximum Gasteiger partial charge on any atom is 0.239 e. The number of hydrogen-bond acceptors (Lipinski definition) is 3. The van der Waals surface area contributed by atoms with Crippen LogP contribution in [0.5, 0.6) is 0 Å². The molecule has 1 aromatic carbocycles. The van der Waals surface area contributed by atoms with Crippen LogP contribution in [0.4, 0.5) is 5.69 Å². The summed E-state index contributed by atoms with van der Waals surface area (Å²) in [6, 6.07) is 7.25. The number of benzene rings is 1. The standard InChI is InChI=1S/C14H22N2O3S/c1-5-12-8-6-7-9-13(12)15-14(17)10-16(11(2)3)20(4,18)19/h6-9,11H,5,10H2,1-4H3,(H,15,17). The number of nitrogens with one attached hydrogen (secondary N) is 1. The summed E-state index contributed by atoms with van der Waals surface area (Å²) in [5, 5.41) is 2.77. The highest BCUT2D eigenvalue weighted by Gasteiger charge is 2.23. The third-order valence-corrected chi connectivity index (χ3v) is 4.38. The molecule has 1 rings (SSSR count). The summed E-state index contributed by atoms with van der Waals surface area (Å²) in [6.45, 7) is 5.32. The van der Waals surface area contributed by atoms with Crippen molar-refractivity contribution >= 4 is 21.6 Å². The highest BCUT2D eigenvalue weighted by atomic mass is 32.2. The number of rotatable bonds is 6. The van der Waals surface area contributed by atoms with E-state index >= 15 is 0 Å². The lowest BCUT2D eigenvalue weighted by Gasteiger charge is -2.23. The normalized spacial score (nSPS) is 11.9. The molecule has 0 atom stereocenters. The van der Waals surface area contributed by atoms with Gasteiger partial charge >= 0.3 is 0 Å². The van der Waals surface area contributed by atoms with Crippen LogP contribution in [0, 0.1) is 0 Å². The van der Waals surface area contributed by atoms with E-state index in [1.54, 1.807) is 13.8 Å². The molecule has 0 spiro atoms.